The van der Waals surface area contributed by atoms with Crippen molar-refractivity contribution in [1.29, 1.82) is 0 Å². The number of amides is 2. The number of aryl methyl sites for hydroxylation is 1. The lowest BCUT2D eigenvalue weighted by Gasteiger charge is -2.33. The highest BCUT2D eigenvalue weighted by Crippen LogP contribution is 2.29. The number of nitrogens with zero attached hydrogens (tertiary/aromatic N) is 4. The molecular weight excluding hydrogens is 374 g/mol. The Labute approximate surface area is 157 Å². The molecule has 2 aliphatic rings. The maximum absolute atomic E-state index is 12.7. The molecule has 1 saturated heterocycles. The molecule has 11 heteroatoms. The number of rotatable bonds is 3. The number of ether oxygens (including phenoxy) is 1. The molecule has 0 bridgehead atoms. The maximum atomic E-state index is 12.7. The Morgan fingerprint density at radius 3 is 2.96 bits per heavy atom. The van der Waals surface area contributed by atoms with Crippen molar-refractivity contribution in [2.75, 3.05) is 6.61 Å². The summed E-state index contributed by atoms with van der Waals surface area (Å²) in [7, 11) is 0. The van der Waals surface area contributed by atoms with Crippen LogP contribution in [0.5, 0.6) is 5.75 Å². The second-order valence-electron chi connectivity index (χ2n) is 6.54. The molecule has 0 radical (unpaired) electrons. The lowest BCUT2D eigenvalue weighted by Crippen LogP contribution is -2.49. The number of carbonyl (C=O) groups excluding carboxylic acids is 2. The monoisotopic (exact) mass is 391 g/mol. The van der Waals surface area contributed by atoms with Crippen LogP contribution in [0.4, 0.5) is 0 Å². The van der Waals surface area contributed by atoms with Crippen molar-refractivity contribution in [1.82, 2.24) is 24.4 Å². The van der Waals surface area contributed by atoms with Gasteiger partial charge in [0.1, 0.15) is 5.56 Å². The highest BCUT2D eigenvalue weighted by Gasteiger charge is 2.42. The smallest absolute Gasteiger partial charge is 0.276 e. The summed E-state index contributed by atoms with van der Waals surface area (Å²) in [5, 5.41) is 16.8. The Bertz CT molecular complexity index is 1000. The van der Waals surface area contributed by atoms with Crippen molar-refractivity contribution in [2.24, 2.45) is 0 Å². The molecule has 0 saturated carbocycles. The number of hydrogen-bond acceptors (Lipinski definition) is 8. The van der Waals surface area contributed by atoms with E-state index in [4.69, 9.17) is 4.74 Å². The van der Waals surface area contributed by atoms with Crippen LogP contribution >= 0.6 is 11.5 Å². The van der Waals surface area contributed by atoms with Crippen LogP contribution in [0.15, 0.2) is 11.0 Å². The third-order valence-corrected chi connectivity index (χ3v) is 5.58. The van der Waals surface area contributed by atoms with Crippen molar-refractivity contribution in [3.63, 3.8) is 0 Å². The Morgan fingerprint density at radius 1 is 1.48 bits per heavy atom. The molecule has 2 N–H and O–H groups in total. The van der Waals surface area contributed by atoms with Crippen molar-refractivity contribution in [3.05, 3.63) is 38.2 Å². The van der Waals surface area contributed by atoms with E-state index in [1.54, 1.807) is 6.92 Å². The summed E-state index contributed by atoms with van der Waals surface area (Å²) >= 11 is 1.15. The van der Waals surface area contributed by atoms with Gasteiger partial charge in [0, 0.05) is 6.20 Å². The summed E-state index contributed by atoms with van der Waals surface area (Å²) in [6.45, 7) is 4.38. The highest BCUT2D eigenvalue weighted by atomic mass is 32.1. The van der Waals surface area contributed by atoms with E-state index in [0.29, 0.717) is 12.3 Å². The molecule has 142 valence electrons. The lowest BCUT2D eigenvalue weighted by molar-refractivity contribution is 0.00624. The number of aromatic hydroxyl groups is 1. The van der Waals surface area contributed by atoms with Crippen LogP contribution in [0.1, 0.15) is 38.3 Å². The first-order valence-corrected chi connectivity index (χ1v) is 9.12. The van der Waals surface area contributed by atoms with Crippen LogP contribution in [0, 0.1) is 6.92 Å². The minimum Gasteiger partial charge on any atom is -0.503 e. The van der Waals surface area contributed by atoms with Gasteiger partial charge in [-0.15, -0.1) is 5.10 Å². The zero-order chi connectivity index (χ0) is 19.3. The average Bonchev–Trinajstić information content (AvgIpc) is 3.21. The van der Waals surface area contributed by atoms with Gasteiger partial charge in [-0.25, -0.2) is 0 Å². The van der Waals surface area contributed by atoms with Gasteiger partial charge < -0.3 is 24.6 Å². The molecule has 27 heavy (non-hydrogen) atoms. The molecule has 2 aliphatic heterocycles. The first-order valence-electron chi connectivity index (χ1n) is 8.35. The molecule has 2 amide bonds. The molecular formula is C16H17N5O5S. The van der Waals surface area contributed by atoms with E-state index < -0.39 is 29.2 Å². The van der Waals surface area contributed by atoms with Crippen LogP contribution in [0.2, 0.25) is 0 Å². The molecule has 2 aromatic rings. The topological polar surface area (TPSA) is 127 Å². The number of carbonyl (C=O) groups is 2. The normalized spacial score (nSPS) is 21.1. The second kappa shape index (κ2) is 6.43. The zero-order valence-electron chi connectivity index (χ0n) is 14.6. The molecule has 0 aliphatic carbocycles. The summed E-state index contributed by atoms with van der Waals surface area (Å²) in [6, 6.07) is -0.148. The first kappa shape index (κ1) is 17.6. The van der Waals surface area contributed by atoms with Gasteiger partial charge in [0.25, 0.3) is 11.8 Å². The van der Waals surface area contributed by atoms with Gasteiger partial charge in [0.05, 0.1) is 36.3 Å². The molecule has 4 heterocycles. The maximum Gasteiger partial charge on any atom is 0.276 e. The molecule has 0 unspecified atom stereocenters. The summed E-state index contributed by atoms with van der Waals surface area (Å²) in [6.07, 6.45) is 0.815. The van der Waals surface area contributed by atoms with E-state index in [-0.39, 0.29) is 30.4 Å². The molecule has 1 fully saturated rings. The van der Waals surface area contributed by atoms with E-state index in [1.165, 1.54) is 15.7 Å². The highest BCUT2D eigenvalue weighted by molar-refractivity contribution is 7.05. The van der Waals surface area contributed by atoms with Crippen LogP contribution in [-0.2, 0) is 17.8 Å². The summed E-state index contributed by atoms with van der Waals surface area (Å²) in [4.78, 5) is 39.9. The number of hydrogen-bond donors (Lipinski definition) is 2. The molecule has 0 aromatic carbocycles. The first-order chi connectivity index (χ1) is 12.9. The third kappa shape index (κ3) is 2.79. The Kier molecular flexibility index (Phi) is 4.19. The third-order valence-electron chi connectivity index (χ3n) is 4.76. The number of aromatic nitrogens is 3. The van der Waals surface area contributed by atoms with Gasteiger partial charge in [0.2, 0.25) is 5.43 Å². The minimum absolute atomic E-state index is 0.118. The molecule has 0 spiro atoms. The molecule has 10 nitrogen and oxygen atoms in total. The van der Waals surface area contributed by atoms with Crippen LogP contribution in [0.25, 0.3) is 0 Å². The molecule has 2 aromatic heterocycles. The summed E-state index contributed by atoms with van der Waals surface area (Å²) in [5.41, 5.74) is -0.535. The number of fused-ring (bicyclic) bond motifs is 2. The summed E-state index contributed by atoms with van der Waals surface area (Å²) in [5.74, 6) is -1.85. The second-order valence-corrected chi connectivity index (χ2v) is 7.37. The largest absolute Gasteiger partial charge is 0.503 e. The average molecular weight is 391 g/mol. The van der Waals surface area contributed by atoms with E-state index in [0.717, 1.165) is 16.4 Å². The van der Waals surface area contributed by atoms with Crippen molar-refractivity contribution in [3.8, 4) is 5.75 Å². The van der Waals surface area contributed by atoms with Gasteiger partial charge >= 0.3 is 0 Å². The number of nitrogens with one attached hydrogen (secondary N) is 1. The fourth-order valence-electron chi connectivity index (χ4n) is 3.31. The number of pyridine rings is 1. The molecule has 4 rings (SSSR count). The Morgan fingerprint density at radius 2 is 2.26 bits per heavy atom. The van der Waals surface area contributed by atoms with Gasteiger partial charge in [-0.3, -0.25) is 14.4 Å². The fourth-order valence-corrected chi connectivity index (χ4v) is 3.88. The van der Waals surface area contributed by atoms with Crippen LogP contribution in [-0.4, -0.2) is 54.9 Å². The Balaban J connectivity index is 1.65. The van der Waals surface area contributed by atoms with Crippen molar-refractivity contribution >= 4 is 23.3 Å². The van der Waals surface area contributed by atoms with Crippen LogP contribution < -0.4 is 10.7 Å². The SMILES string of the molecule is Cc1nnsc1CNC(=O)c1cn2c(c(O)c1=O)C(=O)N1[C@@H](C)CO[C@@H]1C2. The summed E-state index contributed by atoms with van der Waals surface area (Å²) < 4.78 is 10.8. The van der Waals surface area contributed by atoms with Gasteiger partial charge in [-0.1, -0.05) is 4.49 Å². The van der Waals surface area contributed by atoms with E-state index in [2.05, 4.69) is 14.9 Å². The predicted octanol–water partition coefficient (Wildman–Crippen LogP) is -0.156. The van der Waals surface area contributed by atoms with Gasteiger partial charge in [-0.05, 0) is 25.4 Å². The minimum atomic E-state index is -0.877. The van der Waals surface area contributed by atoms with E-state index >= 15 is 0 Å². The lowest BCUT2D eigenvalue weighted by atomic mass is 10.1. The van der Waals surface area contributed by atoms with Crippen molar-refractivity contribution < 1.29 is 19.4 Å². The van der Waals surface area contributed by atoms with E-state index in [1.807, 2.05) is 6.92 Å². The van der Waals surface area contributed by atoms with Gasteiger partial charge in [0.15, 0.2) is 17.7 Å². The quantitative estimate of drug-likeness (QED) is 0.745. The fraction of sp³-hybridized carbons (Fsp3) is 0.438. The van der Waals surface area contributed by atoms with E-state index in [9.17, 15) is 19.5 Å². The van der Waals surface area contributed by atoms with Gasteiger partial charge in [-0.2, -0.15) is 0 Å². The predicted molar refractivity (Wildman–Crippen MR) is 93.6 cm³/mol. The molecule has 2 atom stereocenters. The Hall–Kier alpha value is -2.79. The zero-order valence-corrected chi connectivity index (χ0v) is 15.4. The van der Waals surface area contributed by atoms with Crippen LogP contribution in [0.3, 0.4) is 0 Å². The van der Waals surface area contributed by atoms with Crippen molar-refractivity contribution in [2.45, 2.75) is 39.2 Å². The standard InChI is InChI=1S/C16H17N5O5S/c1-7-6-26-11-5-20-4-9(13(22)14(23)12(20)16(25)21(7)11)15(24)17-3-10-8(2)18-19-27-10/h4,7,11,23H,3,5-6H2,1-2H3,(H,17,24)/t7-,11+/m0/s1.